The van der Waals surface area contributed by atoms with Crippen molar-refractivity contribution in [3.63, 3.8) is 0 Å². The monoisotopic (exact) mass is 327 g/mol. The van der Waals surface area contributed by atoms with Gasteiger partial charge in [0.25, 0.3) is 0 Å². The van der Waals surface area contributed by atoms with E-state index in [0.29, 0.717) is 23.7 Å². The minimum Gasteiger partial charge on any atom is -0.387 e. The van der Waals surface area contributed by atoms with Crippen LogP contribution in [0.25, 0.3) is 5.82 Å². The Bertz CT molecular complexity index is 801. The van der Waals surface area contributed by atoms with E-state index in [0.717, 1.165) is 5.69 Å². The molecule has 0 radical (unpaired) electrons. The molecule has 0 spiro atoms. The molecule has 0 amide bonds. The maximum Gasteiger partial charge on any atom is 0.175 e. The number of benzene rings is 1. The first kappa shape index (κ1) is 16.1. The number of halogens is 1. The van der Waals surface area contributed by atoms with Gasteiger partial charge in [-0.1, -0.05) is 12.1 Å². The predicted molar refractivity (Wildman–Crippen MR) is 88.5 cm³/mol. The minimum absolute atomic E-state index is 0.320. The van der Waals surface area contributed by atoms with Gasteiger partial charge in [-0.15, -0.1) is 10.2 Å². The first-order chi connectivity index (χ1) is 11.5. The molecule has 3 rings (SSSR count). The lowest BCUT2D eigenvalue weighted by Gasteiger charge is -2.21. The van der Waals surface area contributed by atoms with E-state index in [-0.39, 0.29) is 5.82 Å². The molecule has 2 heterocycles. The molecule has 0 saturated heterocycles. The number of nitrogens with zero attached hydrogens (tertiary/aromatic N) is 5. The van der Waals surface area contributed by atoms with Crippen molar-refractivity contribution in [2.45, 2.75) is 13.0 Å². The molecule has 0 fully saturated rings. The second-order valence-corrected chi connectivity index (χ2v) is 5.60. The van der Waals surface area contributed by atoms with Gasteiger partial charge in [0.15, 0.2) is 11.6 Å². The van der Waals surface area contributed by atoms with Crippen molar-refractivity contribution in [1.82, 2.24) is 20.0 Å². The molecule has 2 aromatic heterocycles. The molecule has 1 aromatic carbocycles. The van der Waals surface area contributed by atoms with E-state index in [9.17, 15) is 9.50 Å². The normalized spacial score (nSPS) is 12.2. The van der Waals surface area contributed by atoms with Crippen LogP contribution >= 0.6 is 0 Å². The lowest BCUT2D eigenvalue weighted by molar-refractivity contribution is 0.184. The zero-order chi connectivity index (χ0) is 17.1. The van der Waals surface area contributed by atoms with Crippen LogP contribution in [0.5, 0.6) is 0 Å². The molecular weight excluding hydrogens is 309 g/mol. The van der Waals surface area contributed by atoms with Crippen LogP contribution in [0.2, 0.25) is 0 Å². The summed E-state index contributed by atoms with van der Waals surface area (Å²) in [7, 11) is 1.81. The van der Waals surface area contributed by atoms with Gasteiger partial charge in [-0.05, 0) is 42.8 Å². The van der Waals surface area contributed by atoms with Gasteiger partial charge in [0.2, 0.25) is 0 Å². The van der Waals surface area contributed by atoms with Crippen molar-refractivity contribution < 1.29 is 9.50 Å². The van der Waals surface area contributed by atoms with E-state index in [2.05, 4.69) is 15.3 Å². The van der Waals surface area contributed by atoms with Gasteiger partial charge in [0.05, 0.1) is 11.8 Å². The van der Waals surface area contributed by atoms with E-state index in [4.69, 9.17) is 0 Å². The molecule has 3 aromatic rings. The van der Waals surface area contributed by atoms with Crippen molar-refractivity contribution in [3.05, 3.63) is 65.7 Å². The standard InChI is InChI=1S/C17H18FN5O/c1-12-9-10-23(21-12)17-8-7-16(19-20-17)22(2)11-15(24)13-3-5-14(18)6-4-13/h3-10,15,24H,11H2,1-2H3. The lowest BCUT2D eigenvalue weighted by atomic mass is 10.1. The number of rotatable bonds is 5. The first-order valence-electron chi connectivity index (χ1n) is 7.54. The van der Waals surface area contributed by atoms with Gasteiger partial charge < -0.3 is 10.0 Å². The average molecular weight is 327 g/mol. The summed E-state index contributed by atoms with van der Waals surface area (Å²) in [4.78, 5) is 1.79. The summed E-state index contributed by atoms with van der Waals surface area (Å²) in [6.45, 7) is 2.23. The number of aromatic nitrogens is 4. The van der Waals surface area contributed by atoms with Crippen LogP contribution in [-0.4, -0.2) is 38.7 Å². The van der Waals surface area contributed by atoms with E-state index < -0.39 is 6.10 Å². The summed E-state index contributed by atoms with van der Waals surface area (Å²) >= 11 is 0. The summed E-state index contributed by atoms with van der Waals surface area (Å²) in [6, 6.07) is 11.3. The number of likely N-dealkylation sites (N-methyl/N-ethyl adjacent to an activating group) is 1. The molecule has 0 saturated carbocycles. The van der Waals surface area contributed by atoms with Crippen molar-refractivity contribution in [3.8, 4) is 5.82 Å². The van der Waals surface area contributed by atoms with Crippen LogP contribution in [0, 0.1) is 12.7 Å². The number of hydrogen-bond donors (Lipinski definition) is 1. The molecule has 0 aliphatic rings. The molecule has 0 aliphatic carbocycles. The molecular formula is C17H18FN5O. The van der Waals surface area contributed by atoms with E-state index in [1.807, 2.05) is 38.4 Å². The maximum atomic E-state index is 12.9. The summed E-state index contributed by atoms with van der Waals surface area (Å²) in [5.74, 6) is 0.928. The van der Waals surface area contributed by atoms with Gasteiger partial charge in [-0.25, -0.2) is 9.07 Å². The molecule has 6 nitrogen and oxygen atoms in total. The van der Waals surface area contributed by atoms with E-state index in [1.54, 1.807) is 21.7 Å². The van der Waals surface area contributed by atoms with E-state index >= 15 is 0 Å². The summed E-state index contributed by atoms with van der Waals surface area (Å²) in [5, 5.41) is 22.9. The Hall–Kier alpha value is -2.80. The Morgan fingerprint density at radius 2 is 1.88 bits per heavy atom. The van der Waals surface area contributed by atoms with Crippen LogP contribution in [0.1, 0.15) is 17.4 Å². The Balaban J connectivity index is 1.68. The molecule has 124 valence electrons. The molecule has 0 aliphatic heterocycles. The number of anilines is 1. The second kappa shape index (κ2) is 6.76. The average Bonchev–Trinajstić information content (AvgIpc) is 3.02. The number of aliphatic hydroxyl groups excluding tert-OH is 1. The minimum atomic E-state index is -0.745. The highest BCUT2D eigenvalue weighted by atomic mass is 19.1. The van der Waals surface area contributed by atoms with Crippen LogP contribution in [0.3, 0.4) is 0 Å². The largest absolute Gasteiger partial charge is 0.387 e. The Kier molecular flexibility index (Phi) is 4.52. The second-order valence-electron chi connectivity index (χ2n) is 5.60. The number of aryl methyl sites for hydroxylation is 1. The topological polar surface area (TPSA) is 67.1 Å². The predicted octanol–water partition coefficient (Wildman–Crippen LogP) is 2.28. The fourth-order valence-electron chi connectivity index (χ4n) is 2.33. The van der Waals surface area contributed by atoms with Crippen LogP contribution in [-0.2, 0) is 0 Å². The van der Waals surface area contributed by atoms with Gasteiger partial charge in [-0.3, -0.25) is 0 Å². The van der Waals surface area contributed by atoms with Gasteiger partial charge in [0, 0.05) is 19.8 Å². The molecule has 7 heteroatoms. The maximum absolute atomic E-state index is 12.9. The van der Waals surface area contributed by atoms with Gasteiger partial charge >= 0.3 is 0 Å². The molecule has 1 atom stereocenters. The third-order valence-corrected chi connectivity index (χ3v) is 3.69. The Morgan fingerprint density at radius 3 is 2.46 bits per heavy atom. The van der Waals surface area contributed by atoms with E-state index in [1.165, 1.54) is 12.1 Å². The summed E-state index contributed by atoms with van der Waals surface area (Å²) in [5.41, 5.74) is 1.56. The number of aliphatic hydroxyl groups is 1. The smallest absolute Gasteiger partial charge is 0.175 e. The van der Waals surface area contributed by atoms with Gasteiger partial charge in [-0.2, -0.15) is 5.10 Å². The lowest BCUT2D eigenvalue weighted by Crippen LogP contribution is -2.25. The zero-order valence-electron chi connectivity index (χ0n) is 13.5. The molecule has 0 bridgehead atoms. The first-order valence-corrected chi connectivity index (χ1v) is 7.54. The highest BCUT2D eigenvalue weighted by Gasteiger charge is 2.13. The highest BCUT2D eigenvalue weighted by Crippen LogP contribution is 2.17. The SMILES string of the molecule is Cc1ccn(-c2ccc(N(C)CC(O)c3ccc(F)cc3)nn2)n1. The van der Waals surface area contributed by atoms with Crippen molar-refractivity contribution >= 4 is 5.82 Å². The molecule has 24 heavy (non-hydrogen) atoms. The molecule has 1 N–H and O–H groups in total. The van der Waals surface area contributed by atoms with Crippen molar-refractivity contribution in [2.24, 2.45) is 0 Å². The Labute approximate surface area is 139 Å². The third kappa shape index (κ3) is 3.57. The highest BCUT2D eigenvalue weighted by molar-refractivity contribution is 5.39. The van der Waals surface area contributed by atoms with Gasteiger partial charge in [0.1, 0.15) is 5.82 Å². The summed E-state index contributed by atoms with van der Waals surface area (Å²) < 4.78 is 14.6. The van der Waals surface area contributed by atoms with Crippen LogP contribution in [0.4, 0.5) is 10.2 Å². The summed E-state index contributed by atoms with van der Waals surface area (Å²) in [6.07, 6.45) is 1.08. The Morgan fingerprint density at radius 1 is 1.12 bits per heavy atom. The quantitative estimate of drug-likeness (QED) is 0.779. The van der Waals surface area contributed by atoms with Crippen molar-refractivity contribution in [1.29, 1.82) is 0 Å². The van der Waals surface area contributed by atoms with Crippen LogP contribution < -0.4 is 4.90 Å². The zero-order valence-corrected chi connectivity index (χ0v) is 13.5. The number of hydrogen-bond acceptors (Lipinski definition) is 5. The fraction of sp³-hybridized carbons (Fsp3) is 0.235. The van der Waals surface area contributed by atoms with Crippen LogP contribution in [0.15, 0.2) is 48.7 Å². The molecule has 1 unspecified atom stereocenters. The third-order valence-electron chi connectivity index (χ3n) is 3.69. The fourth-order valence-corrected chi connectivity index (χ4v) is 2.33. The van der Waals surface area contributed by atoms with Crippen molar-refractivity contribution in [2.75, 3.05) is 18.5 Å².